The second-order valence-corrected chi connectivity index (χ2v) is 15.5. The van der Waals surface area contributed by atoms with Crippen molar-refractivity contribution in [2.45, 2.75) is 95.8 Å². The molecule has 4 atom stereocenters. The summed E-state index contributed by atoms with van der Waals surface area (Å²) in [5.74, 6) is -2.35. The van der Waals surface area contributed by atoms with Crippen LogP contribution in [0.5, 0.6) is 0 Å². The van der Waals surface area contributed by atoms with E-state index >= 15 is 0 Å². The number of carbonyl (C=O) groups is 4. The zero-order chi connectivity index (χ0) is 59.5. The second-order valence-electron chi connectivity index (χ2n) is 13.7. The second kappa shape index (κ2) is 43.6. The van der Waals surface area contributed by atoms with Gasteiger partial charge in [-0.3, -0.25) is 69.7 Å². The van der Waals surface area contributed by atoms with Crippen LogP contribution in [0.3, 0.4) is 0 Å². The quantitative estimate of drug-likeness (QED) is 0.0194. The number of unbranched alkanes of at least 4 members (excludes halogenated alkanes) is 3. The fourth-order valence-electron chi connectivity index (χ4n) is 4.95. The summed E-state index contributed by atoms with van der Waals surface area (Å²) in [7, 11) is 4.19. The van der Waals surface area contributed by atoms with E-state index in [1.54, 1.807) is 17.8 Å². The van der Waals surface area contributed by atoms with Crippen molar-refractivity contribution in [2.24, 2.45) is 0 Å². The van der Waals surface area contributed by atoms with Crippen molar-refractivity contribution in [1.29, 1.82) is 0 Å². The maximum absolute atomic E-state index is 11.3. The lowest BCUT2D eigenvalue weighted by molar-refractivity contribution is -0.548. The molecule has 0 bridgehead atoms. The number of hydrazine groups is 5. The van der Waals surface area contributed by atoms with Gasteiger partial charge in [-0.2, -0.15) is 0 Å². The van der Waals surface area contributed by atoms with Crippen LogP contribution in [-0.2, 0) is 19.2 Å². The summed E-state index contributed by atoms with van der Waals surface area (Å²) in [4.78, 5) is 144. The first-order valence-electron chi connectivity index (χ1n) is 21.2. The Morgan fingerprint density at radius 2 is 0.934 bits per heavy atom. The van der Waals surface area contributed by atoms with E-state index in [0.717, 1.165) is 6.07 Å². The molecule has 430 valence electrons. The third-order valence-corrected chi connectivity index (χ3v) is 9.88. The number of nitrogens with zero attached hydrogens (tertiary/aromatic N) is 10. The van der Waals surface area contributed by atoms with Crippen LogP contribution < -0.4 is 43.1 Å². The molecule has 0 saturated carbocycles. The van der Waals surface area contributed by atoms with Gasteiger partial charge in [-0.15, -0.1) is 27.1 Å². The summed E-state index contributed by atoms with van der Waals surface area (Å²) in [6.45, 7) is 3.23. The third kappa shape index (κ3) is 41.6. The molecule has 0 aliphatic rings. The summed E-state index contributed by atoms with van der Waals surface area (Å²) in [5, 5.41) is 104. The molecule has 0 saturated heterocycles. The van der Waals surface area contributed by atoms with E-state index in [0.29, 0.717) is 38.5 Å². The molecule has 0 aliphatic heterocycles. The number of nitrogens with one attached hydrogen (secondary N) is 8. The molecule has 76 heavy (non-hydrogen) atoms. The minimum atomic E-state index is -1.22. The van der Waals surface area contributed by atoms with Crippen molar-refractivity contribution in [3.8, 4) is 0 Å². The number of amides is 2. The van der Waals surface area contributed by atoms with Gasteiger partial charge in [0.25, 0.3) is 11.4 Å². The Kier molecular flexibility index (Phi) is 42.2. The number of carbonyl (C=O) groups excluding carboxylic acids is 4. The van der Waals surface area contributed by atoms with Crippen LogP contribution >= 0.6 is 23.9 Å². The Bertz CT molecular complexity index is 2010. The Morgan fingerprint density at radius 3 is 1.34 bits per heavy atom. The maximum Gasteiger partial charge on any atom is 0.299 e. The number of nitro groups is 10. The highest BCUT2D eigenvalue weighted by Crippen LogP contribution is 2.28. The molecule has 0 spiro atoms. The fraction of sp³-hybridized carbons (Fsp3) is 0.688. The lowest BCUT2D eigenvalue weighted by Gasteiger charge is -2.11. The molecular formula is C32H56N18O24S2. The van der Waals surface area contributed by atoms with Crippen molar-refractivity contribution in [3.63, 3.8) is 0 Å². The van der Waals surface area contributed by atoms with Crippen molar-refractivity contribution < 1.29 is 67.8 Å². The fourth-order valence-corrected chi connectivity index (χ4v) is 5.98. The molecule has 0 fully saturated rings. The lowest BCUT2D eigenvalue weighted by atomic mass is 10.0. The summed E-state index contributed by atoms with van der Waals surface area (Å²) in [6.07, 6.45) is 3.37. The summed E-state index contributed by atoms with van der Waals surface area (Å²) >= 11 is 0.479. The van der Waals surface area contributed by atoms with Gasteiger partial charge in [-0.1, -0.05) is 20.3 Å². The standard InChI is InChI=1S/2C8H16N4O5.C7H7N3O4.C5H9N3O5S.C4H8N4O5S/c1-9-8(13)7(10-12(16)17)5-3-2-4-6-11(14)15;1-2-8(13)7(10-12(16)17)5-3-4-6-9-11(14)15;1-8-6-3-2-5(9(11)12)4-7(6)10(13)14;1-2-5(9)4(6-7(10)11)3-14-8(12)13;1-5-4(9)3(6-7(10)11)2-14-8(12)13/h7,10H,2-6H2,1H3,(H,9,13);7,9-10H,2-6H2,1H3;2-4,8H,1H3;4,6H,2-3H2,1H3;3,6H,2H2,1H3,(H,5,9)/t2*7-;;4-;3-/m00.00/s1. The summed E-state index contributed by atoms with van der Waals surface area (Å²) in [6, 6.07) is -0.604. The van der Waals surface area contributed by atoms with Crippen LogP contribution in [0.2, 0.25) is 0 Å². The van der Waals surface area contributed by atoms with Crippen LogP contribution in [0.1, 0.15) is 71.6 Å². The van der Waals surface area contributed by atoms with E-state index in [1.165, 1.54) is 40.2 Å². The SMILES string of the molecule is CCC(=O)[C@H](CCCCN[N+](=O)[O-])N[N+](=O)[O-].CCC(=O)[C@H](CS[N+](=O)[O-])N[N+](=O)[O-].CNC(=O)[C@H](CCCCC[N+](=O)[O-])N[N+](=O)[O-].CNC(=O)[C@H](CS[N+](=O)[O-])N[N+](=O)[O-].CNc1ccc([N+](=O)[O-])cc1[N+](=O)[O-]. The molecule has 0 aliphatic carbocycles. The Morgan fingerprint density at radius 1 is 0.513 bits per heavy atom. The monoisotopic (exact) mass is 1140 g/mol. The topological polar surface area (TPSA) is 596 Å². The average molecular weight is 1140 g/mol. The number of hydrogen-bond acceptors (Lipinski definition) is 27. The van der Waals surface area contributed by atoms with Crippen molar-refractivity contribution in [2.75, 3.05) is 51.1 Å². The van der Waals surface area contributed by atoms with E-state index in [2.05, 4.69) is 16.0 Å². The number of likely N-dealkylation sites (N-methyl/N-ethyl adjacent to an activating group) is 2. The first-order valence-corrected chi connectivity index (χ1v) is 23.1. The molecule has 0 unspecified atom stereocenters. The average Bonchev–Trinajstić information content (AvgIpc) is 3.34. The highest BCUT2D eigenvalue weighted by atomic mass is 32.2. The normalized spacial score (nSPS) is 11.2. The van der Waals surface area contributed by atoms with Gasteiger partial charge in [-0.05, 0) is 38.2 Å². The smallest absolute Gasteiger partial charge is 0.299 e. The number of anilines is 1. The molecule has 0 radical (unpaired) electrons. The summed E-state index contributed by atoms with van der Waals surface area (Å²) < 4.78 is -1.42. The minimum Gasteiger partial charge on any atom is -0.383 e. The lowest BCUT2D eigenvalue weighted by Crippen LogP contribution is -2.47. The largest absolute Gasteiger partial charge is 0.383 e. The van der Waals surface area contributed by atoms with E-state index in [4.69, 9.17) is 0 Å². The third-order valence-electron chi connectivity index (χ3n) is 8.49. The van der Waals surface area contributed by atoms with E-state index in [-0.39, 0.29) is 90.6 Å². The van der Waals surface area contributed by atoms with E-state index < -0.39 is 90.4 Å². The number of nitro benzene ring substituents is 2. The molecule has 44 heteroatoms. The Labute approximate surface area is 435 Å². The van der Waals surface area contributed by atoms with Crippen molar-refractivity contribution in [1.82, 2.24) is 37.8 Å². The van der Waals surface area contributed by atoms with Crippen molar-refractivity contribution in [3.05, 3.63) is 119 Å². The molecule has 42 nitrogen and oxygen atoms in total. The Hall–Kier alpha value is -9.00. The highest BCUT2D eigenvalue weighted by molar-refractivity contribution is 7.93. The van der Waals surface area contributed by atoms with Gasteiger partial charge in [0.15, 0.2) is 54.9 Å². The molecule has 0 aromatic heterocycles. The molecule has 1 aromatic rings. The zero-order valence-electron chi connectivity index (χ0n) is 40.8. The Balaban J connectivity index is -0.000000428. The van der Waals surface area contributed by atoms with E-state index in [9.17, 15) is 120 Å². The molecular weight excluding hydrogens is 1080 g/mol. The first-order chi connectivity index (χ1) is 35.4. The molecule has 1 rings (SSSR count). The van der Waals surface area contributed by atoms with Gasteiger partial charge in [0.05, 0.1) is 34.0 Å². The summed E-state index contributed by atoms with van der Waals surface area (Å²) in [5.41, 5.74) is 8.90. The molecule has 1 aromatic carbocycles. The van der Waals surface area contributed by atoms with Gasteiger partial charge < -0.3 is 16.0 Å². The number of hydrogen-bond donors (Lipinski definition) is 8. The zero-order valence-corrected chi connectivity index (χ0v) is 42.5. The van der Waals surface area contributed by atoms with Gasteiger partial charge in [0.1, 0.15) is 20.4 Å². The molecule has 0 heterocycles. The number of ketones is 2. The predicted molar refractivity (Wildman–Crippen MR) is 262 cm³/mol. The highest BCUT2D eigenvalue weighted by Gasteiger charge is 2.27. The van der Waals surface area contributed by atoms with Gasteiger partial charge in [0, 0.05) is 51.4 Å². The van der Waals surface area contributed by atoms with E-state index in [1.807, 2.05) is 16.3 Å². The number of non-ortho nitro benzene ring substituents is 1. The van der Waals surface area contributed by atoms with Crippen molar-refractivity contribution >= 4 is 64.3 Å². The van der Waals surface area contributed by atoms with Gasteiger partial charge in [-0.25, -0.2) is 50.6 Å². The van der Waals surface area contributed by atoms with Crippen LogP contribution in [0, 0.1) is 101 Å². The molecule has 2 amide bonds. The van der Waals surface area contributed by atoms with Crippen LogP contribution in [0.4, 0.5) is 17.1 Å². The number of Topliss-reactive ketones (excluding diaryl/α,β-unsaturated/α-hetero) is 2. The molecule has 8 N–H and O–H groups in total. The van der Waals surface area contributed by atoms with Gasteiger partial charge in [0.2, 0.25) is 42.3 Å². The van der Waals surface area contributed by atoms with Gasteiger partial charge >= 0.3 is 0 Å². The maximum atomic E-state index is 11.3. The number of benzene rings is 1. The van der Waals surface area contributed by atoms with Crippen LogP contribution in [0.25, 0.3) is 0 Å². The first kappa shape index (κ1) is 73.5. The van der Waals surface area contributed by atoms with Crippen LogP contribution in [0.15, 0.2) is 18.2 Å². The predicted octanol–water partition coefficient (Wildman–Crippen LogP) is 0.179. The number of rotatable bonds is 35. The van der Waals surface area contributed by atoms with Crippen LogP contribution in [-0.4, -0.2) is 142 Å². The minimum absolute atomic E-state index is 0.101.